The quantitative estimate of drug-likeness (QED) is 0.474. The largest absolute Gasteiger partial charge is 0.418 e. The summed E-state index contributed by atoms with van der Waals surface area (Å²) in [4.78, 5) is 19.1. The minimum absolute atomic E-state index is 0.122. The molecule has 0 bridgehead atoms. The molecule has 0 fully saturated rings. The summed E-state index contributed by atoms with van der Waals surface area (Å²) in [5.74, 6) is -1.07. The second kappa shape index (κ2) is 7.83. The molecule has 0 saturated heterocycles. The number of carbonyl (C=O) groups excluding carboxylic acids is 1. The van der Waals surface area contributed by atoms with E-state index in [9.17, 15) is 22.4 Å². The number of aromatic amines is 1. The van der Waals surface area contributed by atoms with Gasteiger partial charge < -0.3 is 10.3 Å². The van der Waals surface area contributed by atoms with Crippen LogP contribution in [-0.2, 0) is 11.0 Å². The molecule has 140 valence electrons. The van der Waals surface area contributed by atoms with E-state index in [1.54, 1.807) is 12.1 Å². The third-order valence-corrected chi connectivity index (χ3v) is 4.44. The molecule has 0 spiro atoms. The predicted molar refractivity (Wildman–Crippen MR) is 94.8 cm³/mol. The van der Waals surface area contributed by atoms with Crippen LogP contribution in [0.4, 0.5) is 23.2 Å². The summed E-state index contributed by atoms with van der Waals surface area (Å²) in [6.45, 7) is 0. The van der Waals surface area contributed by atoms with Crippen molar-refractivity contribution < 1.29 is 22.4 Å². The highest BCUT2D eigenvalue weighted by Crippen LogP contribution is 2.34. The molecular weight excluding hydrogens is 382 g/mol. The number of para-hydroxylation sites is 1. The Morgan fingerprint density at radius 2 is 1.81 bits per heavy atom. The molecular formula is C18H13F4N3OS. The van der Waals surface area contributed by atoms with Crippen LogP contribution in [-0.4, -0.2) is 21.6 Å². The van der Waals surface area contributed by atoms with Gasteiger partial charge in [0, 0.05) is 0 Å². The van der Waals surface area contributed by atoms with Crippen molar-refractivity contribution in [3.05, 3.63) is 66.1 Å². The maximum atomic E-state index is 13.0. The van der Waals surface area contributed by atoms with Gasteiger partial charge in [0.2, 0.25) is 5.91 Å². The molecule has 4 nitrogen and oxygen atoms in total. The van der Waals surface area contributed by atoms with E-state index in [4.69, 9.17) is 0 Å². The lowest BCUT2D eigenvalue weighted by atomic mass is 10.1. The van der Waals surface area contributed by atoms with Crippen LogP contribution in [0.25, 0.3) is 11.3 Å². The molecule has 0 unspecified atom stereocenters. The first-order chi connectivity index (χ1) is 12.8. The van der Waals surface area contributed by atoms with Gasteiger partial charge in [-0.05, 0) is 42.0 Å². The van der Waals surface area contributed by atoms with Gasteiger partial charge >= 0.3 is 6.18 Å². The van der Waals surface area contributed by atoms with Crippen molar-refractivity contribution in [3.63, 3.8) is 0 Å². The second-order valence-electron chi connectivity index (χ2n) is 5.49. The van der Waals surface area contributed by atoms with Gasteiger partial charge in [0.25, 0.3) is 0 Å². The zero-order valence-corrected chi connectivity index (χ0v) is 14.5. The summed E-state index contributed by atoms with van der Waals surface area (Å²) in [6, 6.07) is 10.6. The summed E-state index contributed by atoms with van der Waals surface area (Å²) < 4.78 is 51.8. The van der Waals surface area contributed by atoms with Gasteiger partial charge in [0.05, 0.1) is 28.9 Å². The topological polar surface area (TPSA) is 57.8 Å². The molecule has 1 aromatic heterocycles. The van der Waals surface area contributed by atoms with Crippen molar-refractivity contribution in [2.75, 3.05) is 11.1 Å². The fraction of sp³-hybridized carbons (Fsp3) is 0.111. The molecule has 0 aliphatic carbocycles. The van der Waals surface area contributed by atoms with Crippen LogP contribution in [0.1, 0.15) is 5.56 Å². The number of hydrogen-bond acceptors (Lipinski definition) is 3. The van der Waals surface area contributed by atoms with E-state index in [0.717, 1.165) is 23.4 Å². The van der Waals surface area contributed by atoms with Crippen molar-refractivity contribution in [1.82, 2.24) is 9.97 Å². The number of amides is 1. The molecule has 0 aliphatic heterocycles. The van der Waals surface area contributed by atoms with Crippen LogP contribution in [0, 0.1) is 5.82 Å². The normalized spacial score (nSPS) is 11.4. The monoisotopic (exact) mass is 395 g/mol. The predicted octanol–water partition coefficient (Wildman–Crippen LogP) is 4.97. The van der Waals surface area contributed by atoms with Crippen LogP contribution >= 0.6 is 11.8 Å². The van der Waals surface area contributed by atoms with E-state index >= 15 is 0 Å². The molecule has 0 saturated carbocycles. The van der Waals surface area contributed by atoms with Gasteiger partial charge in [-0.15, -0.1) is 0 Å². The highest BCUT2D eigenvalue weighted by atomic mass is 32.2. The lowest BCUT2D eigenvalue weighted by Gasteiger charge is -2.13. The van der Waals surface area contributed by atoms with Crippen LogP contribution in [0.3, 0.4) is 0 Å². The molecule has 0 atom stereocenters. The average molecular weight is 395 g/mol. The number of alkyl halides is 3. The van der Waals surface area contributed by atoms with E-state index in [1.165, 1.54) is 36.5 Å². The maximum Gasteiger partial charge on any atom is 0.418 e. The second-order valence-corrected chi connectivity index (χ2v) is 6.45. The van der Waals surface area contributed by atoms with Crippen molar-refractivity contribution in [1.29, 1.82) is 0 Å². The zero-order valence-electron chi connectivity index (χ0n) is 13.7. The zero-order chi connectivity index (χ0) is 19.4. The van der Waals surface area contributed by atoms with Gasteiger partial charge in [-0.1, -0.05) is 23.9 Å². The summed E-state index contributed by atoms with van der Waals surface area (Å²) in [6.07, 6.45) is -3.02. The van der Waals surface area contributed by atoms with E-state index in [1.807, 2.05) is 0 Å². The van der Waals surface area contributed by atoms with Crippen LogP contribution in [0.2, 0.25) is 0 Å². The summed E-state index contributed by atoms with van der Waals surface area (Å²) >= 11 is 1.05. The van der Waals surface area contributed by atoms with Gasteiger partial charge in [-0.2, -0.15) is 13.2 Å². The van der Waals surface area contributed by atoms with Gasteiger partial charge in [0.15, 0.2) is 5.16 Å². The Balaban J connectivity index is 1.61. The number of carbonyl (C=O) groups is 1. The number of nitrogens with zero attached hydrogens (tertiary/aromatic N) is 1. The Hall–Kier alpha value is -2.81. The summed E-state index contributed by atoms with van der Waals surface area (Å²) in [5, 5.41) is 2.69. The van der Waals surface area contributed by atoms with Crippen LogP contribution in [0.15, 0.2) is 59.9 Å². The number of halogens is 4. The Bertz CT molecular complexity index is 938. The van der Waals surface area contributed by atoms with Gasteiger partial charge in [-0.3, -0.25) is 4.79 Å². The number of hydrogen-bond donors (Lipinski definition) is 2. The molecule has 3 rings (SSSR count). The van der Waals surface area contributed by atoms with Crippen molar-refractivity contribution in [3.8, 4) is 11.3 Å². The van der Waals surface area contributed by atoms with Crippen molar-refractivity contribution in [2.24, 2.45) is 0 Å². The van der Waals surface area contributed by atoms with Crippen LogP contribution < -0.4 is 5.32 Å². The molecule has 1 amide bonds. The highest BCUT2D eigenvalue weighted by molar-refractivity contribution is 7.99. The lowest BCUT2D eigenvalue weighted by Crippen LogP contribution is -2.18. The fourth-order valence-corrected chi connectivity index (χ4v) is 2.96. The third-order valence-electron chi connectivity index (χ3n) is 3.55. The van der Waals surface area contributed by atoms with Crippen molar-refractivity contribution in [2.45, 2.75) is 11.3 Å². The molecule has 9 heteroatoms. The van der Waals surface area contributed by atoms with Gasteiger partial charge in [0.1, 0.15) is 5.82 Å². The number of thioether (sulfide) groups is 1. The molecule has 2 aromatic carbocycles. The molecule has 1 heterocycles. The smallest absolute Gasteiger partial charge is 0.333 e. The molecule has 27 heavy (non-hydrogen) atoms. The Labute approximate surface area is 156 Å². The summed E-state index contributed by atoms with van der Waals surface area (Å²) in [5.41, 5.74) is 0.168. The number of H-pyrrole nitrogens is 1. The number of rotatable bonds is 5. The Morgan fingerprint density at radius 3 is 2.52 bits per heavy atom. The third kappa shape index (κ3) is 4.88. The van der Waals surface area contributed by atoms with Crippen molar-refractivity contribution >= 4 is 23.4 Å². The lowest BCUT2D eigenvalue weighted by molar-refractivity contribution is -0.137. The Kier molecular flexibility index (Phi) is 5.50. The summed E-state index contributed by atoms with van der Waals surface area (Å²) in [7, 11) is 0. The molecule has 0 aliphatic rings. The van der Waals surface area contributed by atoms with E-state index in [2.05, 4.69) is 15.3 Å². The number of imidazole rings is 1. The number of anilines is 1. The number of benzene rings is 2. The van der Waals surface area contributed by atoms with Crippen LogP contribution in [0.5, 0.6) is 0 Å². The maximum absolute atomic E-state index is 13.0. The molecule has 0 radical (unpaired) electrons. The molecule has 3 aromatic rings. The first kappa shape index (κ1) is 19.0. The van der Waals surface area contributed by atoms with E-state index in [0.29, 0.717) is 10.9 Å². The first-order valence-corrected chi connectivity index (χ1v) is 8.71. The number of nitrogens with one attached hydrogen (secondary N) is 2. The fourth-order valence-electron chi connectivity index (χ4n) is 2.31. The SMILES string of the molecule is O=C(CSc1ncc(-c2ccc(F)cc2)[nH]1)Nc1ccccc1C(F)(F)F. The van der Waals surface area contributed by atoms with E-state index in [-0.39, 0.29) is 17.3 Å². The van der Waals surface area contributed by atoms with E-state index < -0.39 is 17.6 Å². The standard InChI is InChI=1S/C18H13F4N3OS/c19-12-7-5-11(6-8-12)15-9-23-17(25-15)27-10-16(26)24-14-4-2-1-3-13(14)18(20,21)22/h1-9H,10H2,(H,23,25)(H,24,26). The first-order valence-electron chi connectivity index (χ1n) is 7.73. The van der Waals surface area contributed by atoms with Gasteiger partial charge in [-0.25, -0.2) is 9.37 Å². The molecule has 2 N–H and O–H groups in total. The average Bonchev–Trinajstić information content (AvgIpc) is 3.09. The minimum Gasteiger partial charge on any atom is -0.333 e. The highest BCUT2D eigenvalue weighted by Gasteiger charge is 2.33. The minimum atomic E-state index is -4.55. The number of aromatic nitrogens is 2. The Morgan fingerprint density at radius 1 is 1.11 bits per heavy atom.